The first-order valence-electron chi connectivity index (χ1n) is 5.22. The molecule has 0 spiro atoms. The van der Waals surface area contributed by atoms with Crippen LogP contribution in [0.15, 0.2) is 34.8 Å². The zero-order valence-electron chi connectivity index (χ0n) is 9.44. The van der Waals surface area contributed by atoms with Crippen LogP contribution in [0.5, 0.6) is 0 Å². The number of halogens is 1. The van der Waals surface area contributed by atoms with Gasteiger partial charge < -0.3 is 4.74 Å². The second kappa shape index (κ2) is 5.62. The van der Waals surface area contributed by atoms with E-state index in [2.05, 4.69) is 27.1 Å². The molecule has 3 nitrogen and oxygen atoms in total. The van der Waals surface area contributed by atoms with Crippen molar-refractivity contribution >= 4 is 28.1 Å². The third-order valence-electron chi connectivity index (χ3n) is 2.43. The van der Waals surface area contributed by atoms with Gasteiger partial charge in [0, 0.05) is 11.6 Å². The Hall–Kier alpha value is -0.910. The molecule has 1 heterocycles. The van der Waals surface area contributed by atoms with Crippen LogP contribution in [-0.2, 0) is 17.9 Å². The highest BCUT2D eigenvalue weighted by Gasteiger charge is 2.03. The van der Waals surface area contributed by atoms with Crippen molar-refractivity contribution in [3.05, 3.63) is 50.7 Å². The topological polar surface area (TPSA) is 29.9 Å². The van der Waals surface area contributed by atoms with Crippen molar-refractivity contribution in [3.63, 3.8) is 0 Å². The lowest BCUT2D eigenvalue weighted by Gasteiger charge is -2.05. The number of nitrogens with zero attached hydrogens (tertiary/aromatic N) is 1. The van der Waals surface area contributed by atoms with E-state index in [1.807, 2.05) is 28.9 Å². The van der Waals surface area contributed by atoms with E-state index in [0.717, 1.165) is 21.4 Å². The molecule has 0 amide bonds. The largest absolute Gasteiger partial charge is 0.378 e. The lowest BCUT2D eigenvalue weighted by atomic mass is 10.2. The predicted molar refractivity (Wildman–Crippen MR) is 73.6 cm³/mol. The van der Waals surface area contributed by atoms with Crippen molar-refractivity contribution < 1.29 is 4.74 Å². The lowest BCUT2D eigenvalue weighted by molar-refractivity contribution is 0.181. The SMILES string of the molecule is COCc1cc(=S)n(Cc2ccccc2Br)[nH]1. The molecule has 2 aromatic rings. The molecule has 0 aliphatic heterocycles. The van der Waals surface area contributed by atoms with Crippen LogP contribution < -0.4 is 0 Å². The zero-order chi connectivity index (χ0) is 12.3. The minimum absolute atomic E-state index is 0.548. The molecular weight excluding hydrogens is 300 g/mol. The van der Waals surface area contributed by atoms with Crippen molar-refractivity contribution in [2.45, 2.75) is 13.2 Å². The molecule has 0 bridgehead atoms. The van der Waals surface area contributed by atoms with Gasteiger partial charge in [0.05, 0.1) is 18.8 Å². The smallest absolute Gasteiger partial charge is 0.122 e. The van der Waals surface area contributed by atoms with E-state index in [1.54, 1.807) is 7.11 Å². The van der Waals surface area contributed by atoms with Crippen LogP contribution in [-0.4, -0.2) is 16.9 Å². The maximum absolute atomic E-state index is 5.29. The third kappa shape index (κ3) is 3.06. The van der Waals surface area contributed by atoms with Crippen molar-refractivity contribution in [2.24, 2.45) is 0 Å². The fourth-order valence-corrected chi connectivity index (χ4v) is 2.29. The lowest BCUT2D eigenvalue weighted by Crippen LogP contribution is -2.03. The standard InChI is InChI=1S/C12H13BrN2OS/c1-16-8-10-6-12(17)15(14-10)7-9-4-2-3-5-11(9)13/h2-6,14H,7-8H2,1H3. The Morgan fingerprint density at radius 3 is 2.88 bits per heavy atom. The number of aromatic amines is 1. The summed E-state index contributed by atoms with van der Waals surface area (Å²) in [5.74, 6) is 0. The predicted octanol–water partition coefficient (Wildman–Crippen LogP) is 3.50. The Balaban J connectivity index is 2.24. The first kappa shape index (κ1) is 12.5. The maximum atomic E-state index is 5.29. The molecule has 1 aromatic heterocycles. The van der Waals surface area contributed by atoms with Crippen molar-refractivity contribution in [3.8, 4) is 0 Å². The molecule has 90 valence electrons. The number of hydrogen-bond donors (Lipinski definition) is 1. The van der Waals surface area contributed by atoms with Gasteiger partial charge in [0.15, 0.2) is 0 Å². The minimum Gasteiger partial charge on any atom is -0.378 e. The number of hydrogen-bond acceptors (Lipinski definition) is 2. The van der Waals surface area contributed by atoms with Gasteiger partial charge in [-0.2, -0.15) is 0 Å². The van der Waals surface area contributed by atoms with Gasteiger partial charge in [0.1, 0.15) is 4.64 Å². The highest BCUT2D eigenvalue weighted by Crippen LogP contribution is 2.17. The van der Waals surface area contributed by atoms with E-state index in [4.69, 9.17) is 17.0 Å². The summed E-state index contributed by atoms with van der Waals surface area (Å²) in [6.07, 6.45) is 0. The second-order valence-electron chi connectivity index (χ2n) is 3.73. The van der Waals surface area contributed by atoms with E-state index in [-0.39, 0.29) is 0 Å². The summed E-state index contributed by atoms with van der Waals surface area (Å²) >= 11 is 8.82. The number of methoxy groups -OCH3 is 1. The van der Waals surface area contributed by atoms with Gasteiger partial charge in [-0.3, -0.25) is 9.78 Å². The quantitative estimate of drug-likeness (QED) is 0.876. The molecule has 17 heavy (non-hydrogen) atoms. The highest BCUT2D eigenvalue weighted by atomic mass is 79.9. The first-order valence-corrected chi connectivity index (χ1v) is 6.42. The molecule has 0 unspecified atom stereocenters. The Morgan fingerprint density at radius 2 is 2.18 bits per heavy atom. The third-order valence-corrected chi connectivity index (χ3v) is 3.54. The van der Waals surface area contributed by atoms with Crippen molar-refractivity contribution in [1.82, 2.24) is 9.78 Å². The Morgan fingerprint density at radius 1 is 1.41 bits per heavy atom. The molecule has 0 fully saturated rings. The maximum Gasteiger partial charge on any atom is 0.122 e. The average molecular weight is 313 g/mol. The van der Waals surface area contributed by atoms with Crippen LogP contribution in [0, 0.1) is 4.64 Å². The molecular formula is C12H13BrN2OS. The summed E-state index contributed by atoms with van der Waals surface area (Å²) in [6, 6.07) is 10.0. The Bertz CT molecular complexity index is 562. The number of aromatic nitrogens is 2. The number of ether oxygens (including phenoxy) is 1. The van der Waals surface area contributed by atoms with Crippen LogP contribution in [0.3, 0.4) is 0 Å². The van der Waals surface area contributed by atoms with Crippen molar-refractivity contribution in [1.29, 1.82) is 0 Å². The molecule has 5 heteroatoms. The molecule has 0 saturated carbocycles. The van der Waals surface area contributed by atoms with E-state index in [1.165, 1.54) is 5.56 Å². The van der Waals surface area contributed by atoms with Crippen LogP contribution in [0.1, 0.15) is 11.3 Å². The van der Waals surface area contributed by atoms with E-state index < -0.39 is 0 Å². The van der Waals surface area contributed by atoms with Crippen LogP contribution >= 0.6 is 28.1 Å². The number of rotatable bonds is 4. The molecule has 0 aliphatic rings. The number of H-pyrrole nitrogens is 1. The fourth-order valence-electron chi connectivity index (χ4n) is 1.63. The summed E-state index contributed by atoms with van der Waals surface area (Å²) in [7, 11) is 1.67. The Kier molecular flexibility index (Phi) is 4.15. The Labute approximate surface area is 114 Å². The fraction of sp³-hybridized carbons (Fsp3) is 0.250. The summed E-state index contributed by atoms with van der Waals surface area (Å²) in [4.78, 5) is 0. The molecule has 0 saturated heterocycles. The molecule has 0 radical (unpaired) electrons. The highest BCUT2D eigenvalue weighted by molar-refractivity contribution is 9.10. The summed E-state index contributed by atoms with van der Waals surface area (Å²) < 4.78 is 8.88. The van der Waals surface area contributed by atoms with Crippen LogP contribution in [0.2, 0.25) is 0 Å². The number of nitrogens with one attached hydrogen (secondary N) is 1. The van der Waals surface area contributed by atoms with Crippen LogP contribution in [0.4, 0.5) is 0 Å². The summed E-state index contributed by atoms with van der Waals surface area (Å²) in [5.41, 5.74) is 2.18. The normalized spacial score (nSPS) is 10.7. The molecule has 1 N–H and O–H groups in total. The number of benzene rings is 1. The second-order valence-corrected chi connectivity index (χ2v) is 5.00. The van der Waals surface area contributed by atoms with E-state index in [0.29, 0.717) is 6.61 Å². The van der Waals surface area contributed by atoms with Gasteiger partial charge in [-0.15, -0.1) is 0 Å². The van der Waals surface area contributed by atoms with Gasteiger partial charge in [-0.25, -0.2) is 0 Å². The average Bonchev–Trinajstić information content (AvgIpc) is 2.63. The van der Waals surface area contributed by atoms with Gasteiger partial charge >= 0.3 is 0 Å². The van der Waals surface area contributed by atoms with E-state index in [9.17, 15) is 0 Å². The molecule has 1 aromatic carbocycles. The molecule has 2 rings (SSSR count). The summed E-state index contributed by atoms with van der Waals surface area (Å²) in [6.45, 7) is 1.27. The van der Waals surface area contributed by atoms with Gasteiger partial charge in [-0.05, 0) is 17.7 Å². The van der Waals surface area contributed by atoms with Gasteiger partial charge in [0.25, 0.3) is 0 Å². The van der Waals surface area contributed by atoms with Crippen molar-refractivity contribution in [2.75, 3.05) is 7.11 Å². The van der Waals surface area contributed by atoms with E-state index >= 15 is 0 Å². The molecule has 0 aliphatic carbocycles. The first-order chi connectivity index (χ1) is 8.20. The minimum atomic E-state index is 0.548. The monoisotopic (exact) mass is 312 g/mol. The van der Waals surface area contributed by atoms with Gasteiger partial charge in [0.2, 0.25) is 0 Å². The van der Waals surface area contributed by atoms with Gasteiger partial charge in [-0.1, -0.05) is 46.3 Å². The molecule has 0 atom stereocenters. The summed E-state index contributed by atoms with van der Waals surface area (Å²) in [5, 5.41) is 3.22. The zero-order valence-corrected chi connectivity index (χ0v) is 11.8. The van der Waals surface area contributed by atoms with Crippen LogP contribution in [0.25, 0.3) is 0 Å².